The highest BCUT2D eigenvalue weighted by Gasteiger charge is 2.27. The standard InChI is InChI=1S/C24H36N4O2S/c1-17-12-18(2)15-27(14-17)10-5-9-25-23(29)19-6-4-11-28(16-19)24-26-21-8-7-20(30-3)13-22(21)31-24/h7-8,13,17-19H,4-6,9-12,14-16H2,1-3H3,(H,25,29)/t17-,18-,19-/m0/s1. The van der Waals surface area contributed by atoms with Gasteiger partial charge in [0.25, 0.3) is 0 Å². The van der Waals surface area contributed by atoms with Gasteiger partial charge in [0.1, 0.15) is 5.75 Å². The Hall–Kier alpha value is -1.86. The second-order valence-corrected chi connectivity index (χ2v) is 10.5. The number of thiazole rings is 1. The largest absolute Gasteiger partial charge is 0.497 e. The van der Waals surface area contributed by atoms with Crippen LogP contribution < -0.4 is 15.0 Å². The Balaban J connectivity index is 1.26. The summed E-state index contributed by atoms with van der Waals surface area (Å²) in [4.78, 5) is 22.4. The van der Waals surface area contributed by atoms with Crippen molar-refractivity contribution in [1.29, 1.82) is 0 Å². The molecule has 0 spiro atoms. The summed E-state index contributed by atoms with van der Waals surface area (Å²) in [6, 6.07) is 5.99. The van der Waals surface area contributed by atoms with Crippen LogP contribution in [0.15, 0.2) is 18.2 Å². The van der Waals surface area contributed by atoms with Crippen molar-refractivity contribution in [1.82, 2.24) is 15.2 Å². The molecule has 2 aliphatic heterocycles. The molecule has 7 heteroatoms. The molecule has 2 saturated heterocycles. The monoisotopic (exact) mass is 444 g/mol. The molecule has 2 aromatic rings. The summed E-state index contributed by atoms with van der Waals surface area (Å²) in [5.41, 5.74) is 0.994. The van der Waals surface area contributed by atoms with Crippen molar-refractivity contribution in [3.63, 3.8) is 0 Å². The molecular formula is C24H36N4O2S. The zero-order chi connectivity index (χ0) is 21.8. The summed E-state index contributed by atoms with van der Waals surface area (Å²) in [5, 5.41) is 4.21. The third kappa shape index (κ3) is 5.69. The molecule has 0 unspecified atom stereocenters. The smallest absolute Gasteiger partial charge is 0.224 e. The zero-order valence-electron chi connectivity index (χ0n) is 19.1. The number of carbonyl (C=O) groups is 1. The van der Waals surface area contributed by atoms with E-state index < -0.39 is 0 Å². The number of hydrogen-bond acceptors (Lipinski definition) is 6. The average Bonchev–Trinajstić information content (AvgIpc) is 3.19. The van der Waals surface area contributed by atoms with E-state index in [-0.39, 0.29) is 11.8 Å². The summed E-state index contributed by atoms with van der Waals surface area (Å²) in [6.45, 7) is 10.7. The van der Waals surface area contributed by atoms with Crippen LogP contribution >= 0.6 is 11.3 Å². The van der Waals surface area contributed by atoms with Crippen LogP contribution in [0.1, 0.15) is 39.5 Å². The summed E-state index contributed by atoms with van der Waals surface area (Å²) >= 11 is 1.68. The minimum atomic E-state index is 0.0466. The fourth-order valence-corrected chi connectivity index (χ4v) is 6.18. The average molecular weight is 445 g/mol. The molecule has 3 atom stereocenters. The molecule has 2 fully saturated rings. The van der Waals surface area contributed by atoms with E-state index >= 15 is 0 Å². The Kier molecular flexibility index (Phi) is 7.33. The summed E-state index contributed by atoms with van der Waals surface area (Å²) in [6.07, 6.45) is 4.36. The van der Waals surface area contributed by atoms with Crippen LogP contribution in [0.2, 0.25) is 0 Å². The number of benzene rings is 1. The predicted molar refractivity (Wildman–Crippen MR) is 128 cm³/mol. The lowest BCUT2D eigenvalue weighted by atomic mass is 9.92. The Morgan fingerprint density at radius 3 is 2.84 bits per heavy atom. The van der Waals surface area contributed by atoms with Crippen LogP contribution in [0.4, 0.5) is 5.13 Å². The fourth-order valence-electron chi connectivity index (χ4n) is 5.15. The predicted octanol–water partition coefficient (Wildman–Crippen LogP) is 4.01. The van der Waals surface area contributed by atoms with Crippen LogP contribution in [-0.2, 0) is 4.79 Å². The van der Waals surface area contributed by atoms with Gasteiger partial charge >= 0.3 is 0 Å². The second kappa shape index (κ2) is 10.2. The van der Waals surface area contributed by atoms with Gasteiger partial charge in [-0.1, -0.05) is 25.2 Å². The van der Waals surface area contributed by atoms with Crippen LogP contribution in [0.25, 0.3) is 10.2 Å². The number of fused-ring (bicyclic) bond motifs is 1. The summed E-state index contributed by atoms with van der Waals surface area (Å²) in [5.74, 6) is 2.68. The Morgan fingerprint density at radius 2 is 2.06 bits per heavy atom. The third-order valence-corrected chi connectivity index (χ3v) is 7.62. The van der Waals surface area contributed by atoms with Crippen LogP contribution in [0, 0.1) is 17.8 Å². The first-order valence-electron chi connectivity index (χ1n) is 11.7. The first-order valence-corrected chi connectivity index (χ1v) is 12.5. The normalized spacial score (nSPS) is 25.0. The second-order valence-electron chi connectivity index (χ2n) is 9.47. The molecule has 1 N–H and O–H groups in total. The number of nitrogens with one attached hydrogen (secondary N) is 1. The number of anilines is 1. The van der Waals surface area contributed by atoms with Gasteiger partial charge in [0, 0.05) is 32.7 Å². The van der Waals surface area contributed by atoms with Crippen molar-refractivity contribution < 1.29 is 9.53 Å². The number of aromatic nitrogens is 1. The number of nitrogens with zero attached hydrogens (tertiary/aromatic N) is 3. The summed E-state index contributed by atoms with van der Waals surface area (Å²) < 4.78 is 6.46. The number of amides is 1. The number of rotatable bonds is 7. The van der Waals surface area contributed by atoms with E-state index in [4.69, 9.17) is 9.72 Å². The molecule has 6 nitrogen and oxygen atoms in total. The maximum absolute atomic E-state index is 12.8. The van der Waals surface area contributed by atoms with Gasteiger partial charge in [0.2, 0.25) is 5.91 Å². The van der Waals surface area contributed by atoms with Crippen molar-refractivity contribution in [3.05, 3.63) is 18.2 Å². The van der Waals surface area contributed by atoms with Gasteiger partial charge in [-0.15, -0.1) is 0 Å². The van der Waals surface area contributed by atoms with Gasteiger partial charge in [-0.05, 0) is 62.3 Å². The molecule has 0 saturated carbocycles. The molecule has 170 valence electrons. The molecule has 0 radical (unpaired) electrons. The highest BCUT2D eigenvalue weighted by Crippen LogP contribution is 2.33. The molecule has 1 aromatic carbocycles. The lowest BCUT2D eigenvalue weighted by Gasteiger charge is -2.35. The van der Waals surface area contributed by atoms with E-state index in [1.165, 1.54) is 19.5 Å². The van der Waals surface area contributed by atoms with Gasteiger partial charge in [-0.3, -0.25) is 4.79 Å². The van der Waals surface area contributed by atoms with Crippen molar-refractivity contribution in [2.45, 2.75) is 39.5 Å². The van der Waals surface area contributed by atoms with E-state index in [1.807, 2.05) is 18.2 Å². The maximum atomic E-state index is 12.8. The Bertz CT molecular complexity index is 876. The minimum absolute atomic E-state index is 0.0466. The SMILES string of the molecule is COc1ccc2nc(N3CCC[C@H](C(=O)NCCCN4C[C@@H](C)C[C@H](C)C4)C3)sc2c1. The van der Waals surface area contributed by atoms with Gasteiger partial charge in [-0.25, -0.2) is 4.98 Å². The first kappa shape index (κ1) is 22.3. The number of piperidine rings is 2. The molecule has 2 aliphatic rings. The summed E-state index contributed by atoms with van der Waals surface area (Å²) in [7, 11) is 1.69. The van der Waals surface area contributed by atoms with Crippen molar-refractivity contribution in [2.75, 3.05) is 51.3 Å². The van der Waals surface area contributed by atoms with E-state index in [9.17, 15) is 4.79 Å². The van der Waals surface area contributed by atoms with E-state index in [1.54, 1.807) is 18.4 Å². The molecule has 0 aliphatic carbocycles. The van der Waals surface area contributed by atoms with Gasteiger partial charge in [0.05, 0.1) is 23.2 Å². The van der Waals surface area contributed by atoms with Crippen LogP contribution in [-0.4, -0.2) is 62.2 Å². The Labute approximate surface area is 190 Å². The molecule has 1 amide bonds. The lowest BCUT2D eigenvalue weighted by Crippen LogP contribution is -2.44. The Morgan fingerprint density at radius 1 is 1.26 bits per heavy atom. The van der Waals surface area contributed by atoms with Crippen LogP contribution in [0.3, 0.4) is 0 Å². The maximum Gasteiger partial charge on any atom is 0.224 e. The highest BCUT2D eigenvalue weighted by molar-refractivity contribution is 7.22. The van der Waals surface area contributed by atoms with Crippen LogP contribution in [0.5, 0.6) is 5.75 Å². The number of methoxy groups -OCH3 is 1. The van der Waals surface area contributed by atoms with E-state index in [0.717, 1.165) is 78.4 Å². The van der Waals surface area contributed by atoms with Gasteiger partial charge < -0.3 is 19.9 Å². The van der Waals surface area contributed by atoms with Crippen molar-refractivity contribution in [2.24, 2.45) is 17.8 Å². The molecule has 1 aromatic heterocycles. The molecule has 31 heavy (non-hydrogen) atoms. The van der Waals surface area contributed by atoms with Gasteiger partial charge in [0.15, 0.2) is 5.13 Å². The lowest BCUT2D eigenvalue weighted by molar-refractivity contribution is -0.125. The van der Waals surface area contributed by atoms with Crippen molar-refractivity contribution >= 4 is 32.6 Å². The number of carbonyl (C=O) groups excluding carboxylic acids is 1. The topological polar surface area (TPSA) is 57.7 Å². The quantitative estimate of drug-likeness (QED) is 0.654. The van der Waals surface area contributed by atoms with Gasteiger partial charge in [-0.2, -0.15) is 0 Å². The molecule has 0 bridgehead atoms. The zero-order valence-corrected chi connectivity index (χ0v) is 19.9. The minimum Gasteiger partial charge on any atom is -0.497 e. The first-order chi connectivity index (χ1) is 15.0. The van der Waals surface area contributed by atoms with E-state index in [0.29, 0.717) is 0 Å². The molecular weight excluding hydrogens is 408 g/mol. The van der Waals surface area contributed by atoms with Crippen molar-refractivity contribution in [3.8, 4) is 5.75 Å². The third-order valence-electron chi connectivity index (χ3n) is 6.54. The number of hydrogen-bond donors (Lipinski definition) is 1. The fraction of sp³-hybridized carbons (Fsp3) is 0.667. The number of likely N-dealkylation sites (tertiary alicyclic amines) is 1. The molecule has 4 rings (SSSR count). The number of ether oxygens (including phenoxy) is 1. The van der Waals surface area contributed by atoms with E-state index in [2.05, 4.69) is 29.0 Å². The highest BCUT2D eigenvalue weighted by atomic mass is 32.1. The molecule has 3 heterocycles.